The van der Waals surface area contributed by atoms with Crippen molar-refractivity contribution < 1.29 is 24.0 Å². The molecule has 0 aromatic carbocycles. The average molecular weight is 256 g/mol. The highest BCUT2D eigenvalue weighted by Gasteiger charge is 2.31. The molecule has 7 nitrogen and oxygen atoms in total. The minimum Gasteiger partial charge on any atom is -0.460 e. The number of carbonyl (C=O) groups excluding carboxylic acids is 2. The Bertz CT molecular complexity index is 197. The first-order valence-corrected chi connectivity index (χ1v) is 3.97. The Balaban J connectivity index is 4.13. The normalized spacial score (nSPS) is 13.9. The quantitative estimate of drug-likeness (QED) is 0.268. The molecule has 0 amide bonds. The van der Waals surface area contributed by atoms with Crippen molar-refractivity contribution in [3.05, 3.63) is 10.1 Å². The Morgan fingerprint density at radius 1 is 1.46 bits per heavy atom. The highest BCUT2D eigenvalue weighted by Crippen LogP contribution is 2.09. The van der Waals surface area contributed by atoms with E-state index in [1.807, 2.05) is 0 Å². The smallest absolute Gasteiger partial charge is 0.294 e. The van der Waals surface area contributed by atoms with Gasteiger partial charge in [-0.3, -0.25) is 19.7 Å². The molecule has 2 unspecified atom stereocenters. The summed E-state index contributed by atoms with van der Waals surface area (Å²) in [6.45, 7) is -0.311. The standard InChI is InChI=1S/C5H6BrNO6/c6-5(13-3-9)4(7(10)11)1-12-2-8/h2-5H,1H2. The molecule has 0 heterocycles. The third-order valence-corrected chi connectivity index (χ3v) is 1.92. The molecule has 0 saturated heterocycles. The number of hydrogen-bond donors (Lipinski definition) is 0. The summed E-state index contributed by atoms with van der Waals surface area (Å²) in [6.07, 6.45) is 0. The van der Waals surface area contributed by atoms with Crippen LogP contribution in [0.15, 0.2) is 0 Å². The molecular weight excluding hydrogens is 250 g/mol. The van der Waals surface area contributed by atoms with Gasteiger partial charge in [0, 0.05) is 4.92 Å². The van der Waals surface area contributed by atoms with Crippen LogP contribution in [0.1, 0.15) is 0 Å². The molecule has 0 rings (SSSR count). The Labute approximate surface area is 81.3 Å². The van der Waals surface area contributed by atoms with Gasteiger partial charge in [-0.25, -0.2) is 0 Å². The first-order valence-electron chi connectivity index (χ1n) is 3.05. The van der Waals surface area contributed by atoms with Gasteiger partial charge in [-0.2, -0.15) is 0 Å². The zero-order valence-electron chi connectivity index (χ0n) is 6.29. The van der Waals surface area contributed by atoms with Crippen molar-refractivity contribution >= 4 is 28.9 Å². The van der Waals surface area contributed by atoms with Crippen molar-refractivity contribution in [3.63, 3.8) is 0 Å². The molecule has 0 fully saturated rings. The van der Waals surface area contributed by atoms with E-state index in [2.05, 4.69) is 25.4 Å². The van der Waals surface area contributed by atoms with Gasteiger partial charge in [0.15, 0.2) is 6.61 Å². The van der Waals surface area contributed by atoms with Crippen LogP contribution in [0.2, 0.25) is 0 Å². The number of ether oxygens (including phenoxy) is 2. The van der Waals surface area contributed by atoms with Crippen LogP contribution in [0.4, 0.5) is 0 Å². The second kappa shape index (κ2) is 6.35. The van der Waals surface area contributed by atoms with Crippen molar-refractivity contribution in [2.45, 2.75) is 11.1 Å². The molecule has 0 aliphatic heterocycles. The van der Waals surface area contributed by atoms with Crippen LogP contribution < -0.4 is 0 Å². The third kappa shape index (κ3) is 4.41. The van der Waals surface area contributed by atoms with Crippen LogP contribution in [0.5, 0.6) is 0 Å². The molecule has 0 aromatic rings. The number of rotatable bonds is 7. The summed E-state index contributed by atoms with van der Waals surface area (Å²) in [5.74, 6) is 0. The van der Waals surface area contributed by atoms with Gasteiger partial charge in [0.05, 0.1) is 0 Å². The molecule has 0 N–H and O–H groups in total. The van der Waals surface area contributed by atoms with Crippen molar-refractivity contribution in [1.29, 1.82) is 0 Å². The minimum atomic E-state index is -1.31. The lowest BCUT2D eigenvalue weighted by Gasteiger charge is -2.12. The number of nitro groups is 1. The maximum absolute atomic E-state index is 10.3. The Morgan fingerprint density at radius 2 is 2.08 bits per heavy atom. The number of alkyl halides is 1. The average Bonchev–Trinajstić information content (AvgIpc) is 2.05. The number of nitrogens with zero attached hydrogens (tertiary/aromatic N) is 1. The largest absolute Gasteiger partial charge is 0.460 e. The zero-order chi connectivity index (χ0) is 10.3. The molecule has 13 heavy (non-hydrogen) atoms. The van der Waals surface area contributed by atoms with E-state index in [9.17, 15) is 19.7 Å². The van der Waals surface area contributed by atoms with Gasteiger partial charge in [0.1, 0.15) is 0 Å². The monoisotopic (exact) mass is 255 g/mol. The SMILES string of the molecule is O=COCC(C(Br)OC=O)[N+](=O)[O-]. The molecule has 0 saturated carbocycles. The van der Waals surface area contributed by atoms with Gasteiger partial charge in [0.25, 0.3) is 19.0 Å². The lowest BCUT2D eigenvalue weighted by Crippen LogP contribution is -2.35. The van der Waals surface area contributed by atoms with E-state index in [0.717, 1.165) is 0 Å². The van der Waals surface area contributed by atoms with Crippen LogP contribution in [0.3, 0.4) is 0 Å². The summed E-state index contributed by atoms with van der Waals surface area (Å²) in [6, 6.07) is -1.31. The van der Waals surface area contributed by atoms with Gasteiger partial charge in [-0.15, -0.1) is 0 Å². The minimum absolute atomic E-state index is 0.0663. The van der Waals surface area contributed by atoms with Gasteiger partial charge >= 0.3 is 0 Å². The van der Waals surface area contributed by atoms with Crippen LogP contribution >= 0.6 is 15.9 Å². The zero-order valence-corrected chi connectivity index (χ0v) is 7.88. The van der Waals surface area contributed by atoms with E-state index in [0.29, 0.717) is 0 Å². The molecule has 0 radical (unpaired) electrons. The van der Waals surface area contributed by atoms with E-state index in [1.165, 1.54) is 0 Å². The van der Waals surface area contributed by atoms with Gasteiger partial charge in [-0.05, 0) is 15.9 Å². The van der Waals surface area contributed by atoms with E-state index in [1.54, 1.807) is 0 Å². The van der Waals surface area contributed by atoms with Gasteiger partial charge in [0.2, 0.25) is 5.01 Å². The Morgan fingerprint density at radius 3 is 2.46 bits per heavy atom. The lowest BCUT2D eigenvalue weighted by molar-refractivity contribution is -0.530. The molecule has 74 valence electrons. The second-order valence-electron chi connectivity index (χ2n) is 1.87. The summed E-state index contributed by atoms with van der Waals surface area (Å²) >= 11 is 2.74. The van der Waals surface area contributed by atoms with E-state index >= 15 is 0 Å². The predicted octanol–water partition coefficient (Wildman–Crippen LogP) is -0.301. The molecule has 0 aliphatic carbocycles. The fourth-order valence-electron chi connectivity index (χ4n) is 0.514. The number of hydrogen-bond acceptors (Lipinski definition) is 6. The van der Waals surface area contributed by atoms with E-state index in [-0.39, 0.29) is 12.9 Å². The molecule has 0 aliphatic rings. The van der Waals surface area contributed by atoms with Crippen LogP contribution in [0, 0.1) is 10.1 Å². The topological polar surface area (TPSA) is 95.7 Å². The summed E-state index contributed by atoms with van der Waals surface area (Å²) in [4.78, 5) is 29.2. The maximum atomic E-state index is 10.3. The summed E-state index contributed by atoms with van der Waals surface area (Å²) in [5.41, 5.74) is 0. The molecule has 0 aromatic heterocycles. The van der Waals surface area contributed by atoms with Crippen LogP contribution in [-0.4, -0.2) is 35.5 Å². The fourth-order valence-corrected chi connectivity index (χ4v) is 0.948. The van der Waals surface area contributed by atoms with Crippen molar-refractivity contribution in [3.8, 4) is 0 Å². The molecule has 0 bridgehead atoms. The number of carbonyl (C=O) groups is 2. The molecular formula is C5H6BrNO6. The summed E-state index contributed by atoms with van der Waals surface area (Å²) in [5, 5.41) is 9.19. The summed E-state index contributed by atoms with van der Waals surface area (Å²) < 4.78 is 8.44. The van der Waals surface area contributed by atoms with Crippen molar-refractivity contribution in [2.24, 2.45) is 0 Å². The van der Waals surface area contributed by atoms with E-state index in [4.69, 9.17) is 0 Å². The Hall–Kier alpha value is -1.18. The molecule has 8 heteroatoms. The van der Waals surface area contributed by atoms with Crippen LogP contribution in [0.25, 0.3) is 0 Å². The highest BCUT2D eigenvalue weighted by atomic mass is 79.9. The third-order valence-electron chi connectivity index (χ3n) is 1.09. The van der Waals surface area contributed by atoms with Crippen LogP contribution in [-0.2, 0) is 19.1 Å². The maximum Gasteiger partial charge on any atom is 0.294 e. The fraction of sp³-hybridized carbons (Fsp3) is 0.600. The Kier molecular flexibility index (Phi) is 5.77. The van der Waals surface area contributed by atoms with E-state index < -0.39 is 22.6 Å². The second-order valence-corrected chi connectivity index (χ2v) is 2.77. The van der Waals surface area contributed by atoms with Crippen molar-refractivity contribution in [1.82, 2.24) is 0 Å². The summed E-state index contributed by atoms with van der Waals surface area (Å²) in [7, 11) is 0. The van der Waals surface area contributed by atoms with Gasteiger partial charge < -0.3 is 9.47 Å². The lowest BCUT2D eigenvalue weighted by atomic mass is 10.3. The predicted molar refractivity (Wildman–Crippen MR) is 42.7 cm³/mol. The first-order chi connectivity index (χ1) is 6.13. The highest BCUT2D eigenvalue weighted by molar-refractivity contribution is 9.09. The van der Waals surface area contributed by atoms with Crippen molar-refractivity contribution in [2.75, 3.05) is 6.61 Å². The molecule has 0 spiro atoms. The first kappa shape index (κ1) is 11.8. The molecule has 2 atom stereocenters. The number of halogens is 1. The van der Waals surface area contributed by atoms with Gasteiger partial charge in [-0.1, -0.05) is 0 Å².